The number of ketones is 1. The molecule has 40 heteroatoms. The van der Waals surface area contributed by atoms with E-state index in [-0.39, 0.29) is 175 Å². The molecular weight excluding hydrogens is 1920 g/mol. The predicted molar refractivity (Wildman–Crippen MR) is 447 cm³/mol. The van der Waals surface area contributed by atoms with E-state index in [1.165, 1.54) is 58.3 Å². The first kappa shape index (κ1) is 104. The SMILES string of the molecule is CCCCCCOC(C)c1c(C)c2cc3nc(c4c5[nH]c(cc6nc(cc1[nH]2)C(C)=C6CC)c(C)c5C(=O)C4)[C@@H](CCC(=O)N(CC(=O)Nc1ccc(CC(CN(CCN(CC(=O)O)CC(=O)O)CC(=O)O)N(CC(=O)O)CC(=O)O)cc1)CC(=O)Nc1ccc(CC(CN(CCN(CC(=O)O)CC(=O)O)CC(=O)O)N(CC(=O)O)CC(=O)O)cc1)[C@@H]3C.[Gd+3].[Gd+3]. The Morgan fingerprint density at radius 3 is 1.37 bits per heavy atom. The molecule has 0 fully saturated rings. The minimum absolute atomic E-state index is 0. The molecule has 2 radical (unpaired) electrons. The predicted octanol–water partition coefficient (Wildman–Crippen LogP) is 5.92. The number of hydrogen-bond donors (Lipinski definition) is 14. The van der Waals surface area contributed by atoms with Gasteiger partial charge in [-0.05, 0) is 136 Å². The first-order chi connectivity index (χ1) is 58.3. The number of aromatic amines is 2. The molecule has 2 aromatic carbocycles. The molecule has 14 N–H and O–H groups in total. The molecule has 3 unspecified atom stereocenters. The number of carbonyl (C=O) groups is 14. The number of carboxylic acid groups (broad SMARTS) is 10. The monoisotopic (exact) mass is 2030 g/mol. The Morgan fingerprint density at radius 2 is 0.936 bits per heavy atom. The average Bonchev–Trinajstić information content (AvgIpc) is 1.58. The number of carbonyl (C=O) groups excluding carboxylic acids is 4. The van der Waals surface area contributed by atoms with E-state index in [0.29, 0.717) is 57.7 Å². The Balaban J connectivity index is 0.0000121. The van der Waals surface area contributed by atoms with Gasteiger partial charge < -0.3 is 81.3 Å². The Bertz CT molecular complexity index is 4750. The number of hydrogen-bond acceptors (Lipinski definition) is 23. The number of aliphatic carboxylic acids is 10. The molecule has 8 bridgehead atoms. The number of H-pyrrole nitrogens is 2. The number of carboxylic acids is 10. The van der Waals surface area contributed by atoms with E-state index in [1.807, 2.05) is 52.8 Å². The second-order valence-electron chi connectivity index (χ2n) is 31.3. The molecule has 8 rings (SSSR count). The first-order valence-electron chi connectivity index (χ1n) is 40.5. The number of allylic oxidation sites excluding steroid dienone is 2. The Morgan fingerprint density at radius 1 is 0.512 bits per heavy atom. The zero-order valence-corrected chi connectivity index (χ0v) is 75.1. The maximum Gasteiger partial charge on any atom is 3.00 e. The molecular formula is C85H109Gd2N13O25+6. The number of fused-ring (bicyclic) bond motifs is 8. The third kappa shape index (κ3) is 31.5. The number of benzene rings is 2. The van der Waals surface area contributed by atoms with Crippen LogP contribution in [0.2, 0.25) is 0 Å². The van der Waals surface area contributed by atoms with E-state index in [4.69, 9.17) is 14.7 Å². The molecule has 0 spiro atoms. The van der Waals surface area contributed by atoms with E-state index in [1.54, 1.807) is 0 Å². The zero-order chi connectivity index (χ0) is 90.2. The van der Waals surface area contributed by atoms with Gasteiger partial charge in [-0.25, -0.2) is 4.98 Å². The van der Waals surface area contributed by atoms with Crippen LogP contribution < -0.4 is 10.6 Å². The van der Waals surface area contributed by atoms with E-state index in [9.17, 15) is 113 Å². The van der Waals surface area contributed by atoms with Crippen molar-refractivity contribution >= 4 is 128 Å². The normalized spacial score (nSPS) is 14.3. The number of aromatic nitrogens is 4. The maximum absolute atomic E-state index is 15.3. The number of anilines is 2. The molecule has 2 aliphatic heterocycles. The van der Waals surface area contributed by atoms with Crippen LogP contribution in [0, 0.1) is 93.7 Å². The van der Waals surface area contributed by atoms with Crippen molar-refractivity contribution in [2.75, 3.05) is 135 Å². The summed E-state index contributed by atoms with van der Waals surface area (Å²) in [5, 5.41) is 103. The van der Waals surface area contributed by atoms with Gasteiger partial charge in [0.2, 0.25) is 17.7 Å². The quantitative estimate of drug-likeness (QED) is 0.0201. The number of unbranched alkanes of at least 4 members (excludes halogenated alkanes) is 3. The van der Waals surface area contributed by atoms with Crippen LogP contribution in [0.1, 0.15) is 164 Å². The smallest absolute Gasteiger partial charge is 0.480 e. The number of aryl methyl sites for hydroxylation is 2. The van der Waals surface area contributed by atoms with Crippen LogP contribution in [0.3, 0.4) is 0 Å². The van der Waals surface area contributed by atoms with Crippen LogP contribution in [-0.2, 0) is 86.3 Å². The van der Waals surface area contributed by atoms with Crippen LogP contribution in [0.5, 0.6) is 0 Å². The van der Waals surface area contributed by atoms with Gasteiger partial charge >= 0.3 is 140 Å². The van der Waals surface area contributed by atoms with Crippen LogP contribution >= 0.6 is 0 Å². The number of nitrogens with zero attached hydrogens (tertiary/aromatic N) is 9. The van der Waals surface area contributed by atoms with Crippen molar-refractivity contribution in [3.63, 3.8) is 0 Å². The van der Waals surface area contributed by atoms with Gasteiger partial charge in [-0.2, -0.15) is 0 Å². The molecule has 125 heavy (non-hydrogen) atoms. The van der Waals surface area contributed by atoms with Gasteiger partial charge in [0.25, 0.3) is 0 Å². The first-order valence-corrected chi connectivity index (χ1v) is 40.5. The molecule has 5 atom stereocenters. The van der Waals surface area contributed by atoms with Gasteiger partial charge in [0, 0.05) is 133 Å². The Kier molecular flexibility index (Phi) is 41.3. The zero-order valence-electron chi connectivity index (χ0n) is 70.6. The number of amides is 3. The molecule has 3 amide bonds. The summed E-state index contributed by atoms with van der Waals surface area (Å²) in [6.45, 7) is 3.89. The number of ether oxygens (including phenoxy) is 1. The molecule has 3 aliphatic rings. The number of Topliss-reactive ketones (excluding diaryl/α,β-unsaturated/α-hetero) is 1. The van der Waals surface area contributed by atoms with Gasteiger partial charge in [-0.1, -0.05) is 64.3 Å². The van der Waals surface area contributed by atoms with Gasteiger partial charge in [0.15, 0.2) is 5.78 Å². The minimum Gasteiger partial charge on any atom is -0.480 e. The van der Waals surface area contributed by atoms with Crippen molar-refractivity contribution in [2.45, 2.75) is 143 Å². The second kappa shape index (κ2) is 49.5. The Hall–Kier alpha value is -9.55. The molecule has 1 aliphatic carbocycles. The second-order valence-corrected chi connectivity index (χ2v) is 31.3. The van der Waals surface area contributed by atoms with Gasteiger partial charge in [-0.3, -0.25) is 102 Å². The fourth-order valence-electron chi connectivity index (χ4n) is 16.1. The van der Waals surface area contributed by atoms with Crippen molar-refractivity contribution in [3.8, 4) is 0 Å². The molecule has 38 nitrogen and oxygen atoms in total. The van der Waals surface area contributed by atoms with Crippen molar-refractivity contribution in [3.05, 3.63) is 128 Å². The topological polar surface area (TPSA) is 555 Å². The largest absolute Gasteiger partial charge is 3.00 e. The number of nitrogens with one attached hydrogen (secondary N) is 4. The standard InChI is InChI=1S/C85H109N13O25.2Gd/c1-8-10-11-12-27-123-52(7)82-50(5)64-31-63-49(4)60(84(90-63)61-30-68(99)83-51(6)65(91-85(61)83)32-66-59(9-2)48(3)62(88-66)33-67(82)89-64)21-22-71(102)98(36-69(100)86-55-17-13-53(14-18-55)28-57(96(44-78(115)116)45-79(117)118)34-92(38-72(103)104)23-25-94(40-74(107)108)41-75(109)110)37-70(101)87-56-19-15-54(16-20-56)29-58(97(46-80(119)120)47-81(121)122)35-93(39-73(105)106)24-26-95(42-76(111)112)43-77(113)114;;/h13-20,31-33,49,52,57-58,60,89,91H,8-12,21-30,34-47H2,1-7H3,(H,86,100)(H,87,101)(H,103,104)(H,105,106)(H,107,108)(H,109,110)(H,111,112)(H,113,114)(H,115,116)(H,117,118)(H,119,120)(H,121,122);;/q;2*+3/t49-,52?,57?,58?,60-;;/m0../s1. The van der Waals surface area contributed by atoms with Crippen LogP contribution in [0.25, 0.3) is 33.2 Å². The number of rotatable bonds is 53. The molecule has 5 heterocycles. The third-order valence-electron chi connectivity index (χ3n) is 22.0. The van der Waals surface area contributed by atoms with Crippen LogP contribution in [0.4, 0.5) is 11.4 Å². The fourth-order valence-corrected chi connectivity index (χ4v) is 16.1. The summed E-state index contributed by atoms with van der Waals surface area (Å²) in [6.07, 6.45) is 3.84. The van der Waals surface area contributed by atoms with Gasteiger partial charge in [-0.15, -0.1) is 0 Å². The summed E-state index contributed by atoms with van der Waals surface area (Å²) in [5.41, 5.74) is 12.3. The van der Waals surface area contributed by atoms with Crippen molar-refractivity contribution < 1.29 is 203 Å². The molecule has 0 saturated heterocycles. The van der Waals surface area contributed by atoms with Crippen molar-refractivity contribution in [1.82, 2.24) is 54.2 Å². The van der Waals surface area contributed by atoms with Crippen molar-refractivity contribution in [1.29, 1.82) is 0 Å². The van der Waals surface area contributed by atoms with E-state index < -0.39 is 180 Å². The summed E-state index contributed by atoms with van der Waals surface area (Å²) < 4.78 is 6.56. The molecule has 5 aromatic rings. The molecule has 674 valence electrons. The fraction of sp³-hybridized carbons (Fsp3) is 0.482. The van der Waals surface area contributed by atoms with Crippen molar-refractivity contribution in [2.24, 2.45) is 0 Å². The van der Waals surface area contributed by atoms with Gasteiger partial charge in [0.05, 0.1) is 94.2 Å². The summed E-state index contributed by atoms with van der Waals surface area (Å²) in [4.78, 5) is 205. The molecule has 0 saturated carbocycles. The average molecular weight is 2030 g/mol. The van der Waals surface area contributed by atoms with E-state index in [2.05, 4.69) is 34.4 Å². The maximum atomic E-state index is 15.3. The molecule has 3 aromatic heterocycles. The summed E-state index contributed by atoms with van der Waals surface area (Å²) >= 11 is 0. The summed E-state index contributed by atoms with van der Waals surface area (Å²) in [7, 11) is 0. The Labute approximate surface area is 784 Å². The van der Waals surface area contributed by atoms with Crippen LogP contribution in [-0.4, -0.2) is 325 Å². The van der Waals surface area contributed by atoms with E-state index in [0.717, 1.165) is 100 Å². The van der Waals surface area contributed by atoms with E-state index >= 15 is 4.79 Å². The minimum atomic E-state index is -1.43. The van der Waals surface area contributed by atoms with Gasteiger partial charge in [0.1, 0.15) is 13.1 Å². The summed E-state index contributed by atoms with van der Waals surface area (Å²) in [6, 6.07) is 15.7. The summed E-state index contributed by atoms with van der Waals surface area (Å²) in [5.74, 6) is -17.3. The van der Waals surface area contributed by atoms with Crippen LogP contribution in [0.15, 0.2) is 66.7 Å². The third-order valence-corrected chi connectivity index (χ3v) is 22.0.